The van der Waals surface area contributed by atoms with Crippen molar-refractivity contribution in [2.24, 2.45) is 5.73 Å². The van der Waals surface area contributed by atoms with Gasteiger partial charge >= 0.3 is 0 Å². The van der Waals surface area contributed by atoms with Crippen LogP contribution in [0.4, 0.5) is 0 Å². The molecule has 0 saturated heterocycles. The van der Waals surface area contributed by atoms with Gasteiger partial charge in [-0.3, -0.25) is 0 Å². The molecule has 0 aliphatic heterocycles. The highest BCUT2D eigenvalue weighted by atomic mass is 127. The van der Waals surface area contributed by atoms with Crippen molar-refractivity contribution in [3.63, 3.8) is 0 Å². The first-order valence-corrected chi connectivity index (χ1v) is 6.30. The van der Waals surface area contributed by atoms with Crippen LogP contribution < -0.4 is 5.73 Å². The second-order valence-electron chi connectivity index (χ2n) is 3.59. The summed E-state index contributed by atoms with van der Waals surface area (Å²) in [6, 6.07) is 9.23. The molecule has 0 spiro atoms. The van der Waals surface area contributed by atoms with Crippen molar-refractivity contribution in [1.29, 1.82) is 0 Å². The van der Waals surface area contributed by atoms with E-state index in [1.807, 2.05) is 37.3 Å². The summed E-state index contributed by atoms with van der Waals surface area (Å²) in [6.07, 6.45) is 0. The lowest BCUT2D eigenvalue weighted by atomic mass is 10.1. The Kier molecular flexibility index (Phi) is 3.56. The first kappa shape index (κ1) is 12.0. The van der Waals surface area contributed by atoms with Crippen molar-refractivity contribution in [3.8, 4) is 0 Å². The normalized spacial score (nSPS) is 12.8. The molecule has 4 heteroatoms. The lowest BCUT2D eigenvalue weighted by Crippen LogP contribution is -2.12. The van der Waals surface area contributed by atoms with E-state index in [4.69, 9.17) is 21.8 Å². The van der Waals surface area contributed by atoms with Crippen molar-refractivity contribution >= 4 is 34.2 Å². The van der Waals surface area contributed by atoms with E-state index in [0.29, 0.717) is 5.02 Å². The van der Waals surface area contributed by atoms with Crippen LogP contribution in [-0.4, -0.2) is 0 Å². The SMILES string of the molecule is Cc1ccc(C(N)c2cc(Cl)ccc2I)o1. The van der Waals surface area contributed by atoms with Gasteiger partial charge in [0.05, 0.1) is 6.04 Å². The third-order valence-corrected chi connectivity index (χ3v) is 3.58. The maximum Gasteiger partial charge on any atom is 0.125 e. The van der Waals surface area contributed by atoms with Crippen molar-refractivity contribution in [1.82, 2.24) is 0 Å². The molecule has 84 valence electrons. The Labute approximate surface area is 113 Å². The van der Waals surface area contributed by atoms with E-state index >= 15 is 0 Å². The zero-order valence-corrected chi connectivity index (χ0v) is 11.6. The Morgan fingerprint density at radius 1 is 1.31 bits per heavy atom. The van der Waals surface area contributed by atoms with E-state index in [-0.39, 0.29) is 6.04 Å². The Morgan fingerprint density at radius 2 is 2.06 bits per heavy atom. The smallest absolute Gasteiger partial charge is 0.125 e. The molecule has 2 N–H and O–H groups in total. The van der Waals surface area contributed by atoms with Crippen molar-refractivity contribution < 1.29 is 4.42 Å². The highest BCUT2D eigenvalue weighted by Gasteiger charge is 2.15. The van der Waals surface area contributed by atoms with Gasteiger partial charge in [0.1, 0.15) is 11.5 Å². The molecule has 0 aliphatic carbocycles. The minimum absolute atomic E-state index is 0.265. The van der Waals surface area contributed by atoms with Crippen LogP contribution in [0.3, 0.4) is 0 Å². The number of hydrogen-bond donors (Lipinski definition) is 1. The number of rotatable bonds is 2. The Balaban J connectivity index is 2.40. The zero-order chi connectivity index (χ0) is 11.7. The van der Waals surface area contributed by atoms with Gasteiger partial charge in [-0.05, 0) is 65.4 Å². The first-order valence-electron chi connectivity index (χ1n) is 4.85. The van der Waals surface area contributed by atoms with Crippen LogP contribution in [0.5, 0.6) is 0 Å². The number of hydrogen-bond acceptors (Lipinski definition) is 2. The highest BCUT2D eigenvalue weighted by Crippen LogP contribution is 2.27. The average Bonchev–Trinajstić information content (AvgIpc) is 2.67. The van der Waals surface area contributed by atoms with E-state index in [0.717, 1.165) is 20.7 Å². The predicted octanol–water partition coefficient (Wildman–Crippen LogP) is 3.89. The number of furan rings is 1. The average molecular weight is 348 g/mol. The zero-order valence-electron chi connectivity index (χ0n) is 8.71. The lowest BCUT2D eigenvalue weighted by Gasteiger charge is -2.11. The van der Waals surface area contributed by atoms with E-state index in [1.54, 1.807) is 0 Å². The van der Waals surface area contributed by atoms with E-state index < -0.39 is 0 Å². The number of halogens is 2. The van der Waals surface area contributed by atoms with Crippen LogP contribution in [-0.2, 0) is 0 Å². The van der Waals surface area contributed by atoms with Crippen LogP contribution in [0.2, 0.25) is 5.02 Å². The molecule has 1 aromatic heterocycles. The predicted molar refractivity (Wildman–Crippen MR) is 73.6 cm³/mol. The topological polar surface area (TPSA) is 39.2 Å². The molecule has 0 saturated carbocycles. The summed E-state index contributed by atoms with van der Waals surface area (Å²) in [4.78, 5) is 0. The standard InChI is InChI=1S/C12H11ClINO/c1-7-2-5-11(16-7)12(15)9-6-8(13)3-4-10(9)14/h2-6,12H,15H2,1H3. The van der Waals surface area contributed by atoms with Gasteiger partial charge in [-0.1, -0.05) is 11.6 Å². The van der Waals surface area contributed by atoms with Gasteiger partial charge in [0, 0.05) is 8.59 Å². The fraction of sp³-hybridized carbons (Fsp3) is 0.167. The van der Waals surface area contributed by atoms with Crippen LogP contribution in [0.1, 0.15) is 23.1 Å². The molecule has 16 heavy (non-hydrogen) atoms. The first-order chi connectivity index (χ1) is 7.58. The Morgan fingerprint density at radius 3 is 2.69 bits per heavy atom. The number of nitrogens with two attached hydrogens (primary N) is 1. The van der Waals surface area contributed by atoms with Gasteiger partial charge in [0.2, 0.25) is 0 Å². The molecule has 0 amide bonds. The largest absolute Gasteiger partial charge is 0.464 e. The Bertz CT molecular complexity index is 509. The highest BCUT2D eigenvalue weighted by molar-refractivity contribution is 14.1. The molecule has 0 bridgehead atoms. The minimum Gasteiger partial charge on any atom is -0.464 e. The molecule has 1 atom stereocenters. The molecule has 1 heterocycles. The van der Waals surface area contributed by atoms with Gasteiger partial charge < -0.3 is 10.2 Å². The number of benzene rings is 1. The summed E-state index contributed by atoms with van der Waals surface area (Å²) in [7, 11) is 0. The maximum atomic E-state index is 6.14. The summed E-state index contributed by atoms with van der Waals surface area (Å²) < 4.78 is 6.61. The van der Waals surface area contributed by atoms with Crippen molar-refractivity contribution in [2.75, 3.05) is 0 Å². The fourth-order valence-electron chi connectivity index (χ4n) is 1.53. The summed E-state index contributed by atoms with van der Waals surface area (Å²) in [6.45, 7) is 1.90. The van der Waals surface area contributed by atoms with Gasteiger partial charge in [-0.25, -0.2) is 0 Å². The fourth-order valence-corrected chi connectivity index (χ4v) is 2.38. The summed E-state index contributed by atoms with van der Waals surface area (Å²) in [5.41, 5.74) is 7.13. The van der Waals surface area contributed by atoms with Gasteiger partial charge in [0.25, 0.3) is 0 Å². The second-order valence-corrected chi connectivity index (χ2v) is 5.19. The van der Waals surface area contributed by atoms with Crippen LogP contribution in [0.15, 0.2) is 34.7 Å². The quantitative estimate of drug-likeness (QED) is 0.837. The van der Waals surface area contributed by atoms with Gasteiger partial charge in [-0.15, -0.1) is 0 Å². The molecule has 2 rings (SSSR count). The van der Waals surface area contributed by atoms with Crippen LogP contribution >= 0.6 is 34.2 Å². The molecule has 2 aromatic rings. The van der Waals surface area contributed by atoms with Crippen molar-refractivity contribution in [2.45, 2.75) is 13.0 Å². The summed E-state index contributed by atoms with van der Waals surface area (Å²) >= 11 is 8.21. The molecule has 2 nitrogen and oxygen atoms in total. The molecule has 1 unspecified atom stereocenters. The summed E-state index contributed by atoms with van der Waals surface area (Å²) in [5.74, 6) is 1.63. The maximum absolute atomic E-state index is 6.14. The lowest BCUT2D eigenvalue weighted by molar-refractivity contribution is 0.466. The van der Waals surface area contributed by atoms with E-state index in [2.05, 4.69) is 22.6 Å². The third kappa shape index (κ3) is 2.42. The van der Waals surface area contributed by atoms with E-state index in [9.17, 15) is 0 Å². The molecule has 1 aromatic carbocycles. The van der Waals surface area contributed by atoms with E-state index in [1.165, 1.54) is 0 Å². The van der Waals surface area contributed by atoms with Gasteiger partial charge in [-0.2, -0.15) is 0 Å². The molecular weight excluding hydrogens is 336 g/mol. The third-order valence-electron chi connectivity index (χ3n) is 2.36. The van der Waals surface area contributed by atoms with Crippen LogP contribution in [0, 0.1) is 10.5 Å². The molecule has 0 fully saturated rings. The molecule has 0 aliphatic rings. The van der Waals surface area contributed by atoms with Crippen molar-refractivity contribution in [3.05, 3.63) is 56.0 Å². The van der Waals surface area contributed by atoms with Crippen LogP contribution in [0.25, 0.3) is 0 Å². The summed E-state index contributed by atoms with van der Waals surface area (Å²) in [5, 5.41) is 0.689. The minimum atomic E-state index is -0.265. The van der Waals surface area contributed by atoms with Gasteiger partial charge in [0.15, 0.2) is 0 Å². The monoisotopic (exact) mass is 347 g/mol. The molecular formula is C12H11ClINO. The molecule has 0 radical (unpaired) electrons. The second kappa shape index (κ2) is 4.77. The Hall–Kier alpha value is -0.520. The number of aryl methyl sites for hydroxylation is 1.